The van der Waals surface area contributed by atoms with Crippen molar-refractivity contribution in [3.05, 3.63) is 0 Å². The summed E-state index contributed by atoms with van der Waals surface area (Å²) in [5, 5.41) is 0. The van der Waals surface area contributed by atoms with E-state index < -0.39 is 0 Å². The Kier molecular flexibility index (Phi) is 4.07. The molecule has 0 bridgehead atoms. The molecule has 1 saturated heterocycles. The van der Waals surface area contributed by atoms with Gasteiger partial charge >= 0.3 is 0 Å². The van der Waals surface area contributed by atoms with Gasteiger partial charge in [0.1, 0.15) is 56.4 Å². The summed E-state index contributed by atoms with van der Waals surface area (Å²) in [4.78, 5) is 23.1. The largest absolute Gasteiger partial charge is 0.273 e. The highest BCUT2D eigenvalue weighted by Gasteiger charge is 2.43. The van der Waals surface area contributed by atoms with Gasteiger partial charge in [0.25, 0.3) is 13.5 Å². The van der Waals surface area contributed by atoms with Gasteiger partial charge in [-0.2, -0.15) is 0 Å². The van der Waals surface area contributed by atoms with E-state index in [0.29, 0.717) is 13.5 Å². The second kappa shape index (κ2) is 4.66. The summed E-state index contributed by atoms with van der Waals surface area (Å²) in [6, 6.07) is 0. The molecule has 1 aliphatic heterocycles. The summed E-state index contributed by atoms with van der Waals surface area (Å²) >= 11 is 0. The quantitative estimate of drug-likeness (QED) is 0.569. The predicted octanol–water partition coefficient (Wildman–Crippen LogP) is -0.223. The van der Waals surface area contributed by atoms with Crippen LogP contribution in [0.1, 0.15) is 0 Å². The molecule has 0 unspecified atom stereocenters. The average Bonchev–Trinajstić information content (AvgIpc) is 2.08. The number of hydrogen-bond acceptors (Lipinski definition) is 4. The van der Waals surface area contributed by atoms with Gasteiger partial charge in [0.15, 0.2) is 0 Å². The van der Waals surface area contributed by atoms with Crippen LogP contribution in [0.3, 0.4) is 0 Å². The SMILES string of the molecule is C[N+]1(C)CO[N+](C)(C)O[N+](C)(C)CO[N+](C)(C)O1. The highest BCUT2D eigenvalue weighted by atomic mass is 17.1. The molecule has 0 N–H and O–H groups in total. The van der Waals surface area contributed by atoms with Crippen LogP contribution in [-0.2, 0) is 19.6 Å². The maximum atomic E-state index is 5.84. The van der Waals surface area contributed by atoms with E-state index >= 15 is 0 Å². The van der Waals surface area contributed by atoms with Crippen LogP contribution in [0.4, 0.5) is 0 Å². The van der Waals surface area contributed by atoms with Crippen molar-refractivity contribution in [2.75, 3.05) is 69.8 Å². The van der Waals surface area contributed by atoms with Gasteiger partial charge in [-0.05, 0) is 0 Å². The Morgan fingerprint density at radius 2 is 0.833 bits per heavy atom. The summed E-state index contributed by atoms with van der Waals surface area (Å²) in [7, 11) is 14.9. The first-order valence-electron chi connectivity index (χ1n) is 5.88. The van der Waals surface area contributed by atoms with Crippen LogP contribution in [0, 0.1) is 0 Å². The highest BCUT2D eigenvalue weighted by Crippen LogP contribution is 2.18. The van der Waals surface area contributed by atoms with Gasteiger partial charge in [0.05, 0.1) is 0 Å². The number of rotatable bonds is 0. The minimum absolute atomic E-state index is 0.0329. The lowest BCUT2D eigenvalue weighted by molar-refractivity contribution is -1.46. The van der Waals surface area contributed by atoms with Gasteiger partial charge in [0.2, 0.25) is 0 Å². The molecule has 0 radical (unpaired) electrons. The monoisotopic (exact) mass is 268 g/mol. The van der Waals surface area contributed by atoms with Crippen molar-refractivity contribution in [2.24, 2.45) is 0 Å². The molecule has 108 valence electrons. The van der Waals surface area contributed by atoms with Crippen LogP contribution in [0.2, 0.25) is 0 Å². The molecule has 0 aromatic carbocycles. The zero-order chi connectivity index (χ0) is 14.2. The van der Waals surface area contributed by atoms with E-state index in [1.165, 1.54) is 0 Å². The molecule has 1 aliphatic rings. The third-order valence-corrected chi connectivity index (χ3v) is 2.19. The number of nitrogens with zero attached hydrogens (tertiary/aromatic N) is 4. The van der Waals surface area contributed by atoms with E-state index in [2.05, 4.69) is 0 Å². The molecule has 0 aromatic heterocycles. The molecule has 0 aliphatic carbocycles. The molecule has 8 heteroatoms. The second-order valence-corrected chi connectivity index (χ2v) is 6.33. The Morgan fingerprint density at radius 1 is 0.556 bits per heavy atom. The van der Waals surface area contributed by atoms with Crippen LogP contribution in [0.15, 0.2) is 0 Å². The molecular formula is C10H28N4O4+4. The first-order valence-corrected chi connectivity index (χ1v) is 5.88. The Hall–Kier alpha value is -0.320. The molecule has 0 aromatic rings. The maximum absolute atomic E-state index is 5.84. The van der Waals surface area contributed by atoms with Crippen molar-refractivity contribution in [1.29, 1.82) is 0 Å². The Balaban J connectivity index is 2.89. The fourth-order valence-corrected chi connectivity index (χ4v) is 1.72. The zero-order valence-electron chi connectivity index (χ0n) is 12.8. The van der Waals surface area contributed by atoms with Crippen LogP contribution in [-0.4, -0.2) is 88.8 Å². The van der Waals surface area contributed by atoms with E-state index in [1.807, 2.05) is 56.4 Å². The molecule has 0 amide bonds. The van der Waals surface area contributed by atoms with E-state index in [1.54, 1.807) is 0 Å². The average molecular weight is 268 g/mol. The second-order valence-electron chi connectivity index (χ2n) is 6.33. The number of hydroxylamine groups is 14. The third kappa shape index (κ3) is 5.12. The zero-order valence-corrected chi connectivity index (χ0v) is 12.8. The predicted molar refractivity (Wildman–Crippen MR) is 62.5 cm³/mol. The summed E-state index contributed by atoms with van der Waals surface area (Å²) in [5.41, 5.74) is 0. The van der Waals surface area contributed by atoms with Crippen molar-refractivity contribution in [2.45, 2.75) is 0 Å². The van der Waals surface area contributed by atoms with Crippen molar-refractivity contribution < 1.29 is 38.5 Å². The smallest absolute Gasteiger partial charge is 0.102 e. The highest BCUT2D eigenvalue weighted by molar-refractivity contribution is 3.96. The maximum Gasteiger partial charge on any atom is 0.273 e. The molecule has 0 atom stereocenters. The lowest BCUT2D eigenvalue weighted by Crippen LogP contribution is -2.62. The molecule has 0 spiro atoms. The van der Waals surface area contributed by atoms with Crippen molar-refractivity contribution in [1.82, 2.24) is 0 Å². The molecule has 1 fully saturated rings. The molecule has 1 rings (SSSR count). The topological polar surface area (TPSA) is 36.9 Å². The van der Waals surface area contributed by atoms with Crippen molar-refractivity contribution in [3.8, 4) is 0 Å². The van der Waals surface area contributed by atoms with Gasteiger partial charge in [0, 0.05) is 19.5 Å². The standard InChI is InChI=1S/C10H28N4O4/c1-11(2)9-15-14(7,8)18-12(3,4)10-16-13(5,6)17-11/h9-10H2,1-8H3/q+4. The normalized spacial score (nSPS) is 30.7. The van der Waals surface area contributed by atoms with E-state index in [-0.39, 0.29) is 18.9 Å². The Morgan fingerprint density at radius 3 is 1.11 bits per heavy atom. The van der Waals surface area contributed by atoms with Gasteiger partial charge in [-0.1, -0.05) is 9.68 Å². The van der Waals surface area contributed by atoms with E-state index in [4.69, 9.17) is 19.6 Å². The molecule has 8 nitrogen and oxygen atoms in total. The number of quaternary nitrogens is 4. The van der Waals surface area contributed by atoms with E-state index in [0.717, 1.165) is 0 Å². The van der Waals surface area contributed by atoms with Gasteiger partial charge in [-0.25, -0.2) is 0 Å². The molecule has 1 heterocycles. The van der Waals surface area contributed by atoms with Gasteiger partial charge in [-0.3, -0.25) is 0 Å². The first kappa shape index (κ1) is 15.7. The lowest BCUT2D eigenvalue weighted by Gasteiger charge is -2.37. The fraction of sp³-hybridized carbons (Fsp3) is 1.00. The van der Waals surface area contributed by atoms with Crippen LogP contribution < -0.4 is 0 Å². The summed E-state index contributed by atoms with van der Waals surface area (Å²) in [6.45, 7) is 0.663. The minimum Gasteiger partial charge on any atom is -0.102 e. The van der Waals surface area contributed by atoms with Gasteiger partial charge < -0.3 is 0 Å². The summed E-state index contributed by atoms with van der Waals surface area (Å²) in [5.74, 6) is 0. The molecule has 18 heavy (non-hydrogen) atoms. The van der Waals surface area contributed by atoms with Crippen LogP contribution in [0.25, 0.3) is 0 Å². The Labute approximate surface area is 109 Å². The van der Waals surface area contributed by atoms with Gasteiger partial charge in [-0.15, -0.1) is 9.29 Å². The summed E-state index contributed by atoms with van der Waals surface area (Å²) in [6.07, 6.45) is 0. The fourth-order valence-electron chi connectivity index (χ4n) is 1.72. The van der Waals surface area contributed by atoms with Crippen LogP contribution >= 0.6 is 0 Å². The molecule has 0 saturated carbocycles. The van der Waals surface area contributed by atoms with Crippen LogP contribution in [0.5, 0.6) is 0 Å². The van der Waals surface area contributed by atoms with Crippen molar-refractivity contribution >= 4 is 0 Å². The first-order chi connectivity index (χ1) is 7.83. The molecular weight excluding hydrogens is 240 g/mol. The lowest BCUT2D eigenvalue weighted by atomic mass is 10.9. The summed E-state index contributed by atoms with van der Waals surface area (Å²) < 4.78 is 0.400. The van der Waals surface area contributed by atoms with Crippen molar-refractivity contribution in [3.63, 3.8) is 0 Å². The Bertz CT molecular complexity index is 246. The minimum atomic E-state index is -0.0329. The number of hydrogen-bond donors (Lipinski definition) is 0. The third-order valence-electron chi connectivity index (χ3n) is 2.19. The van der Waals surface area contributed by atoms with E-state index in [9.17, 15) is 0 Å².